The fraction of sp³-hybridized carbons (Fsp3) is 0.417. The summed E-state index contributed by atoms with van der Waals surface area (Å²) in [5.74, 6) is 1.75. The summed E-state index contributed by atoms with van der Waals surface area (Å²) < 4.78 is 0. The first-order valence-electron chi connectivity index (χ1n) is 5.93. The number of rotatable bonds is 5. The minimum absolute atomic E-state index is 0.148. The lowest BCUT2D eigenvalue weighted by Gasteiger charge is -2.16. The Labute approximate surface area is 111 Å². The van der Waals surface area contributed by atoms with E-state index in [-0.39, 0.29) is 6.04 Å². The lowest BCUT2D eigenvalue weighted by Crippen LogP contribution is -2.11. The summed E-state index contributed by atoms with van der Waals surface area (Å²) >= 11 is 1.64. The van der Waals surface area contributed by atoms with Gasteiger partial charge in [0, 0.05) is 24.2 Å². The monoisotopic (exact) mass is 263 g/mol. The average Bonchev–Trinajstić information content (AvgIpc) is 2.92. The summed E-state index contributed by atoms with van der Waals surface area (Å²) in [5.41, 5.74) is 1.10. The zero-order valence-corrected chi connectivity index (χ0v) is 11.6. The normalized spacial score (nSPS) is 12.2. The van der Waals surface area contributed by atoms with Gasteiger partial charge in [-0.05, 0) is 13.3 Å². The molecule has 0 fully saturated rings. The molecule has 0 amide bonds. The van der Waals surface area contributed by atoms with E-state index < -0.39 is 0 Å². The van der Waals surface area contributed by atoms with E-state index in [2.05, 4.69) is 39.4 Å². The van der Waals surface area contributed by atoms with Crippen LogP contribution < -0.4 is 10.6 Å². The first kappa shape index (κ1) is 12.8. The van der Waals surface area contributed by atoms with Gasteiger partial charge in [0.1, 0.15) is 23.0 Å². The molecule has 0 aliphatic carbocycles. The molecule has 1 unspecified atom stereocenters. The van der Waals surface area contributed by atoms with Gasteiger partial charge in [-0.2, -0.15) is 0 Å². The van der Waals surface area contributed by atoms with Gasteiger partial charge < -0.3 is 10.6 Å². The van der Waals surface area contributed by atoms with Gasteiger partial charge in [-0.25, -0.2) is 15.0 Å². The van der Waals surface area contributed by atoms with Gasteiger partial charge in [-0.1, -0.05) is 6.92 Å². The molecule has 0 radical (unpaired) electrons. The highest BCUT2D eigenvalue weighted by atomic mass is 32.1. The van der Waals surface area contributed by atoms with Crippen molar-refractivity contribution in [1.29, 1.82) is 0 Å². The van der Waals surface area contributed by atoms with Crippen molar-refractivity contribution in [2.24, 2.45) is 0 Å². The highest BCUT2D eigenvalue weighted by molar-refractivity contribution is 7.09. The zero-order chi connectivity index (χ0) is 13.0. The van der Waals surface area contributed by atoms with Crippen LogP contribution in [-0.4, -0.2) is 22.0 Å². The van der Waals surface area contributed by atoms with Crippen LogP contribution in [-0.2, 0) is 6.42 Å². The fourth-order valence-electron chi connectivity index (χ4n) is 1.80. The quantitative estimate of drug-likeness (QED) is 0.868. The molecule has 5 nitrogen and oxygen atoms in total. The molecule has 0 aromatic carbocycles. The topological polar surface area (TPSA) is 62.7 Å². The largest absolute Gasteiger partial charge is 0.373 e. The van der Waals surface area contributed by atoms with Gasteiger partial charge in [-0.3, -0.25) is 0 Å². The zero-order valence-electron chi connectivity index (χ0n) is 10.8. The molecule has 6 heteroatoms. The van der Waals surface area contributed by atoms with Crippen LogP contribution in [0.1, 0.15) is 30.5 Å². The van der Waals surface area contributed by atoms with Crippen LogP contribution in [0, 0.1) is 0 Å². The van der Waals surface area contributed by atoms with Crippen LogP contribution >= 0.6 is 11.3 Å². The van der Waals surface area contributed by atoms with Crippen molar-refractivity contribution in [3.63, 3.8) is 0 Å². The molecule has 0 saturated carbocycles. The van der Waals surface area contributed by atoms with E-state index in [4.69, 9.17) is 0 Å². The van der Waals surface area contributed by atoms with Crippen LogP contribution in [0.4, 0.5) is 11.6 Å². The van der Waals surface area contributed by atoms with Crippen LogP contribution in [0.5, 0.6) is 0 Å². The maximum absolute atomic E-state index is 4.32. The van der Waals surface area contributed by atoms with E-state index >= 15 is 0 Å². The Morgan fingerprint density at radius 3 is 2.67 bits per heavy atom. The number of nitrogens with zero attached hydrogens (tertiary/aromatic N) is 3. The molecule has 2 aromatic rings. The number of hydrogen-bond donors (Lipinski definition) is 2. The Hall–Kier alpha value is -1.69. The van der Waals surface area contributed by atoms with Crippen LogP contribution in [0.2, 0.25) is 0 Å². The van der Waals surface area contributed by atoms with E-state index in [0.717, 1.165) is 28.6 Å². The molecule has 2 rings (SSSR count). The Kier molecular flexibility index (Phi) is 4.09. The number of thiazole rings is 1. The molecule has 96 valence electrons. The SMILES string of the molecule is CCc1c(NC)ncnc1NC(C)c1nccs1. The van der Waals surface area contributed by atoms with Crippen molar-refractivity contribution in [2.75, 3.05) is 17.7 Å². The predicted octanol–water partition coefficient (Wildman–Crippen LogP) is 2.71. The summed E-state index contributed by atoms with van der Waals surface area (Å²) in [7, 11) is 1.87. The standard InChI is InChI=1S/C12H17N5S/c1-4-9-10(13-3)15-7-16-11(9)17-8(2)12-14-5-6-18-12/h5-8H,4H2,1-3H3,(H2,13,15,16,17). The molecule has 1 atom stereocenters. The predicted molar refractivity (Wildman–Crippen MR) is 75.1 cm³/mol. The molecular formula is C12H17N5S. The van der Waals surface area contributed by atoms with Gasteiger partial charge in [0.05, 0.1) is 6.04 Å². The number of nitrogens with one attached hydrogen (secondary N) is 2. The van der Waals surface area contributed by atoms with Gasteiger partial charge >= 0.3 is 0 Å². The Bertz CT molecular complexity index is 497. The lowest BCUT2D eigenvalue weighted by atomic mass is 10.2. The first-order valence-corrected chi connectivity index (χ1v) is 6.81. The highest BCUT2D eigenvalue weighted by Crippen LogP contribution is 2.25. The first-order chi connectivity index (χ1) is 8.76. The summed E-state index contributed by atoms with van der Waals surface area (Å²) in [6, 6.07) is 0.148. The maximum atomic E-state index is 4.32. The van der Waals surface area contributed by atoms with Crippen molar-refractivity contribution in [3.05, 3.63) is 28.5 Å². The number of anilines is 2. The maximum Gasteiger partial charge on any atom is 0.135 e. The van der Waals surface area contributed by atoms with Crippen molar-refractivity contribution in [1.82, 2.24) is 15.0 Å². The molecule has 0 aliphatic heterocycles. The third-order valence-electron chi connectivity index (χ3n) is 2.71. The average molecular weight is 263 g/mol. The van der Waals surface area contributed by atoms with Gasteiger partial charge in [0.2, 0.25) is 0 Å². The summed E-state index contributed by atoms with van der Waals surface area (Å²) in [6.45, 7) is 4.18. The van der Waals surface area contributed by atoms with Gasteiger partial charge in [-0.15, -0.1) is 11.3 Å². The van der Waals surface area contributed by atoms with E-state index in [1.165, 1.54) is 0 Å². The summed E-state index contributed by atoms with van der Waals surface area (Å²) in [5, 5.41) is 9.52. The summed E-state index contributed by atoms with van der Waals surface area (Å²) in [6.07, 6.45) is 4.27. The molecule has 18 heavy (non-hydrogen) atoms. The highest BCUT2D eigenvalue weighted by Gasteiger charge is 2.13. The van der Waals surface area contributed by atoms with E-state index in [0.29, 0.717) is 0 Å². The van der Waals surface area contributed by atoms with Crippen molar-refractivity contribution in [3.8, 4) is 0 Å². The van der Waals surface area contributed by atoms with Crippen molar-refractivity contribution >= 4 is 23.0 Å². The van der Waals surface area contributed by atoms with Crippen LogP contribution in [0.25, 0.3) is 0 Å². The third-order valence-corrected chi connectivity index (χ3v) is 3.67. The molecule has 0 spiro atoms. The minimum atomic E-state index is 0.148. The lowest BCUT2D eigenvalue weighted by molar-refractivity contribution is 0.851. The van der Waals surface area contributed by atoms with Gasteiger partial charge in [0.15, 0.2) is 0 Å². The number of hydrogen-bond acceptors (Lipinski definition) is 6. The fourth-order valence-corrected chi connectivity index (χ4v) is 2.45. The third kappa shape index (κ3) is 2.59. The molecule has 0 bridgehead atoms. The Balaban J connectivity index is 2.23. The van der Waals surface area contributed by atoms with E-state index in [1.807, 2.05) is 18.6 Å². The molecule has 2 aromatic heterocycles. The molecular weight excluding hydrogens is 246 g/mol. The second kappa shape index (κ2) is 5.77. The van der Waals surface area contributed by atoms with Crippen molar-refractivity contribution in [2.45, 2.75) is 26.3 Å². The van der Waals surface area contributed by atoms with Gasteiger partial charge in [0.25, 0.3) is 0 Å². The Morgan fingerprint density at radius 1 is 1.28 bits per heavy atom. The van der Waals surface area contributed by atoms with Crippen molar-refractivity contribution < 1.29 is 0 Å². The Morgan fingerprint density at radius 2 is 2.06 bits per heavy atom. The second-order valence-electron chi connectivity index (χ2n) is 3.89. The van der Waals surface area contributed by atoms with Crippen LogP contribution in [0.3, 0.4) is 0 Å². The van der Waals surface area contributed by atoms with Crippen LogP contribution in [0.15, 0.2) is 17.9 Å². The van der Waals surface area contributed by atoms with E-state index in [1.54, 1.807) is 17.7 Å². The molecule has 0 saturated heterocycles. The number of aromatic nitrogens is 3. The smallest absolute Gasteiger partial charge is 0.135 e. The molecule has 2 heterocycles. The molecule has 0 aliphatic rings. The second-order valence-corrected chi connectivity index (χ2v) is 4.82. The summed E-state index contributed by atoms with van der Waals surface area (Å²) in [4.78, 5) is 12.9. The van der Waals surface area contributed by atoms with E-state index in [9.17, 15) is 0 Å². The minimum Gasteiger partial charge on any atom is -0.373 e. The molecule has 2 N–H and O–H groups in total.